The molecule has 1 fully saturated rings. The number of halogens is 1. The Labute approximate surface area is 155 Å². The van der Waals surface area contributed by atoms with E-state index in [9.17, 15) is 13.5 Å². The molecule has 26 heavy (non-hydrogen) atoms. The van der Waals surface area contributed by atoms with E-state index in [0.29, 0.717) is 24.8 Å². The third-order valence-electron chi connectivity index (χ3n) is 4.81. The van der Waals surface area contributed by atoms with Gasteiger partial charge in [0, 0.05) is 19.1 Å². The number of anilines is 2. The summed E-state index contributed by atoms with van der Waals surface area (Å²) < 4.78 is 39.6. The van der Waals surface area contributed by atoms with Crippen molar-refractivity contribution in [3.63, 3.8) is 0 Å². The molecule has 1 saturated carbocycles. The predicted octanol–water partition coefficient (Wildman–Crippen LogP) is 4.50. The van der Waals surface area contributed by atoms with Crippen LogP contribution in [-0.4, -0.2) is 32.5 Å². The fourth-order valence-corrected chi connectivity index (χ4v) is 5.07. The molecule has 3 N–H and O–H groups in total. The average molecular weight is 377 g/mol. The number of benzene rings is 2. The summed E-state index contributed by atoms with van der Waals surface area (Å²) in [5.74, 6) is -0.473. The van der Waals surface area contributed by atoms with Crippen molar-refractivity contribution in [2.45, 2.75) is 31.8 Å². The molecule has 0 atom stereocenters. The standard InChI is InChI=1S/C19H24FN3O2S/c20-17-7-2-4-9-19(17)23-18-8-3-1-6-15(18)14-22(26(23,24)25)13-5-12-21-16-10-11-16/h1-4,6-9,16,21,24-25H,5,10-14H2. The fourth-order valence-electron chi connectivity index (χ4n) is 3.30. The smallest absolute Gasteiger partial charge is 0.148 e. The molecule has 0 amide bonds. The van der Waals surface area contributed by atoms with E-state index < -0.39 is 16.8 Å². The molecule has 2 aromatic carbocycles. The van der Waals surface area contributed by atoms with E-state index in [1.165, 1.54) is 23.2 Å². The van der Waals surface area contributed by atoms with Crippen LogP contribution in [0.3, 0.4) is 0 Å². The number of rotatable bonds is 6. The molecule has 1 heterocycles. The maximum atomic E-state index is 14.5. The summed E-state index contributed by atoms with van der Waals surface area (Å²) in [7, 11) is -3.34. The van der Waals surface area contributed by atoms with Crippen LogP contribution in [0.1, 0.15) is 24.8 Å². The van der Waals surface area contributed by atoms with Gasteiger partial charge < -0.3 is 5.32 Å². The first-order valence-electron chi connectivity index (χ1n) is 8.97. The number of hydrogen-bond acceptors (Lipinski definition) is 5. The summed E-state index contributed by atoms with van der Waals surface area (Å²) >= 11 is 0. The van der Waals surface area contributed by atoms with Crippen LogP contribution in [0.25, 0.3) is 0 Å². The molecule has 1 aliphatic carbocycles. The molecule has 4 rings (SSSR count). The summed E-state index contributed by atoms with van der Waals surface area (Å²) in [6.45, 7) is 1.81. The minimum atomic E-state index is -3.34. The molecule has 1 aliphatic heterocycles. The van der Waals surface area contributed by atoms with Crippen LogP contribution in [-0.2, 0) is 6.54 Å². The van der Waals surface area contributed by atoms with Gasteiger partial charge in [-0.25, -0.2) is 8.70 Å². The van der Waals surface area contributed by atoms with Crippen molar-refractivity contribution in [3.05, 3.63) is 59.9 Å². The molecule has 7 heteroatoms. The molecule has 0 bridgehead atoms. The molecule has 0 saturated heterocycles. The van der Waals surface area contributed by atoms with Crippen molar-refractivity contribution in [1.29, 1.82) is 0 Å². The lowest BCUT2D eigenvalue weighted by Crippen LogP contribution is -2.42. The van der Waals surface area contributed by atoms with Crippen LogP contribution in [0.5, 0.6) is 0 Å². The molecule has 0 radical (unpaired) electrons. The highest BCUT2D eigenvalue weighted by Gasteiger charge is 2.38. The van der Waals surface area contributed by atoms with Crippen molar-refractivity contribution in [3.8, 4) is 0 Å². The summed E-state index contributed by atoms with van der Waals surface area (Å²) in [6.07, 6.45) is 3.26. The SMILES string of the molecule is OS1(O)N(CCCNC2CC2)Cc2ccccc2N1c1ccccc1F. The van der Waals surface area contributed by atoms with Crippen LogP contribution < -0.4 is 9.62 Å². The molecule has 0 aromatic heterocycles. The van der Waals surface area contributed by atoms with Gasteiger partial charge in [-0.15, -0.1) is 0 Å². The lowest BCUT2D eigenvalue weighted by atomic mass is 10.1. The Balaban J connectivity index is 1.63. The zero-order valence-electron chi connectivity index (χ0n) is 14.5. The molecule has 5 nitrogen and oxygen atoms in total. The molecule has 0 spiro atoms. The highest BCUT2D eigenvalue weighted by atomic mass is 32.3. The Kier molecular flexibility index (Phi) is 4.90. The predicted molar refractivity (Wildman–Crippen MR) is 104 cm³/mol. The monoisotopic (exact) mass is 377 g/mol. The van der Waals surface area contributed by atoms with E-state index in [-0.39, 0.29) is 5.69 Å². The van der Waals surface area contributed by atoms with Gasteiger partial charge in [0.1, 0.15) is 5.82 Å². The van der Waals surface area contributed by atoms with Gasteiger partial charge in [0.05, 0.1) is 11.4 Å². The average Bonchev–Trinajstić information content (AvgIpc) is 3.44. The van der Waals surface area contributed by atoms with E-state index in [0.717, 1.165) is 18.5 Å². The second kappa shape index (κ2) is 7.17. The summed E-state index contributed by atoms with van der Waals surface area (Å²) in [6, 6.07) is 14.4. The molecule has 0 unspecified atom stereocenters. The number of hydrogen-bond donors (Lipinski definition) is 3. The summed E-state index contributed by atoms with van der Waals surface area (Å²) in [5, 5.41) is 3.44. The second-order valence-corrected chi connectivity index (χ2v) is 8.67. The Bertz CT molecular complexity index is 785. The van der Waals surface area contributed by atoms with Crippen LogP contribution in [0, 0.1) is 5.82 Å². The normalized spacial score (nSPS) is 20.7. The molecule has 2 aromatic rings. The third kappa shape index (κ3) is 3.45. The Hall–Kier alpha value is -1.64. The molecular formula is C19H24FN3O2S. The Morgan fingerprint density at radius 1 is 1.04 bits per heavy atom. The van der Waals surface area contributed by atoms with Gasteiger partial charge in [0.25, 0.3) is 0 Å². The van der Waals surface area contributed by atoms with Crippen molar-refractivity contribution in [2.75, 3.05) is 17.4 Å². The van der Waals surface area contributed by atoms with Crippen LogP contribution in [0.4, 0.5) is 15.8 Å². The number of para-hydroxylation sites is 2. The molecular weight excluding hydrogens is 353 g/mol. The van der Waals surface area contributed by atoms with Crippen molar-refractivity contribution in [2.24, 2.45) is 0 Å². The lowest BCUT2D eigenvalue weighted by Gasteiger charge is -2.53. The largest absolute Gasteiger partial charge is 0.314 e. The molecule has 2 aliphatic rings. The number of nitrogens with zero attached hydrogens (tertiary/aromatic N) is 2. The van der Waals surface area contributed by atoms with E-state index in [1.54, 1.807) is 22.5 Å². The highest BCUT2D eigenvalue weighted by molar-refractivity contribution is 8.23. The fraction of sp³-hybridized carbons (Fsp3) is 0.368. The topological polar surface area (TPSA) is 59.0 Å². The first kappa shape index (κ1) is 17.8. The van der Waals surface area contributed by atoms with Gasteiger partial charge in [-0.1, -0.05) is 30.3 Å². The van der Waals surface area contributed by atoms with Gasteiger partial charge in [0.2, 0.25) is 0 Å². The van der Waals surface area contributed by atoms with Crippen molar-refractivity contribution >= 4 is 22.3 Å². The maximum Gasteiger partial charge on any atom is 0.148 e. The van der Waals surface area contributed by atoms with Crippen LogP contribution in [0.2, 0.25) is 0 Å². The second-order valence-electron chi connectivity index (χ2n) is 6.81. The summed E-state index contributed by atoms with van der Waals surface area (Å²) in [4.78, 5) is 0. The minimum Gasteiger partial charge on any atom is -0.314 e. The Morgan fingerprint density at radius 2 is 1.73 bits per heavy atom. The van der Waals surface area contributed by atoms with Gasteiger partial charge >= 0.3 is 0 Å². The lowest BCUT2D eigenvalue weighted by molar-refractivity contribution is 0.330. The Morgan fingerprint density at radius 3 is 2.46 bits per heavy atom. The zero-order valence-corrected chi connectivity index (χ0v) is 15.3. The quantitative estimate of drug-likeness (QED) is 0.647. The van der Waals surface area contributed by atoms with Gasteiger partial charge in [0.15, 0.2) is 0 Å². The van der Waals surface area contributed by atoms with Crippen LogP contribution in [0.15, 0.2) is 48.5 Å². The zero-order chi connectivity index (χ0) is 18.1. The first-order valence-corrected chi connectivity index (χ1v) is 10.4. The van der Waals surface area contributed by atoms with E-state index >= 15 is 0 Å². The maximum absolute atomic E-state index is 14.5. The summed E-state index contributed by atoms with van der Waals surface area (Å²) in [5.41, 5.74) is 1.78. The van der Waals surface area contributed by atoms with Crippen LogP contribution >= 0.6 is 11.0 Å². The van der Waals surface area contributed by atoms with Gasteiger partial charge in [-0.2, -0.15) is 4.31 Å². The van der Waals surface area contributed by atoms with Crippen molar-refractivity contribution in [1.82, 2.24) is 9.62 Å². The molecule has 140 valence electrons. The van der Waals surface area contributed by atoms with Gasteiger partial charge in [-0.05, 0) is 60.5 Å². The van der Waals surface area contributed by atoms with E-state index in [2.05, 4.69) is 5.32 Å². The van der Waals surface area contributed by atoms with Crippen molar-refractivity contribution < 1.29 is 13.5 Å². The number of nitrogens with one attached hydrogen (secondary N) is 1. The van der Waals surface area contributed by atoms with Gasteiger partial charge in [-0.3, -0.25) is 9.11 Å². The first-order chi connectivity index (χ1) is 12.6. The van der Waals surface area contributed by atoms with E-state index in [4.69, 9.17) is 0 Å². The highest BCUT2D eigenvalue weighted by Crippen LogP contribution is 2.58. The number of fused-ring (bicyclic) bond motifs is 1. The third-order valence-corrected chi connectivity index (χ3v) is 6.70. The minimum absolute atomic E-state index is 0.181. The van der Waals surface area contributed by atoms with E-state index in [1.807, 2.05) is 24.3 Å².